The van der Waals surface area contributed by atoms with Gasteiger partial charge in [-0.2, -0.15) is 10.1 Å². The van der Waals surface area contributed by atoms with Crippen LogP contribution < -0.4 is 10.6 Å². The Kier molecular flexibility index (Phi) is 6.27. The van der Waals surface area contributed by atoms with Gasteiger partial charge < -0.3 is 15.7 Å². The zero-order valence-electron chi connectivity index (χ0n) is 15.3. The number of nitrogens with zero attached hydrogens (tertiary/aromatic N) is 4. The molecule has 11 heteroatoms. The summed E-state index contributed by atoms with van der Waals surface area (Å²) in [6.07, 6.45) is 1.71. The van der Waals surface area contributed by atoms with Gasteiger partial charge in [0, 0.05) is 24.0 Å². The van der Waals surface area contributed by atoms with Crippen molar-refractivity contribution < 1.29 is 22.7 Å². The zero-order chi connectivity index (χ0) is 21.0. The molecule has 0 unspecified atom stereocenters. The summed E-state index contributed by atoms with van der Waals surface area (Å²) in [6, 6.07) is 2.16. The Morgan fingerprint density at radius 3 is 2.52 bits per heavy atom. The Hall–Kier alpha value is -3.21. The van der Waals surface area contributed by atoms with Gasteiger partial charge in [0.25, 0.3) is 6.43 Å². The highest BCUT2D eigenvalue weighted by atomic mass is 19.3. The van der Waals surface area contributed by atoms with Gasteiger partial charge in [-0.05, 0) is 24.6 Å². The third-order valence-corrected chi connectivity index (χ3v) is 3.97. The second kappa shape index (κ2) is 8.86. The van der Waals surface area contributed by atoms with E-state index in [4.69, 9.17) is 0 Å². The van der Waals surface area contributed by atoms with Gasteiger partial charge in [0.15, 0.2) is 0 Å². The van der Waals surface area contributed by atoms with Crippen molar-refractivity contribution in [3.05, 3.63) is 59.6 Å². The molecule has 0 spiro atoms. The highest BCUT2D eigenvalue weighted by Gasteiger charge is 2.16. The molecule has 0 radical (unpaired) electrons. The van der Waals surface area contributed by atoms with E-state index in [2.05, 4.69) is 25.7 Å². The van der Waals surface area contributed by atoms with E-state index in [-0.39, 0.29) is 11.5 Å². The summed E-state index contributed by atoms with van der Waals surface area (Å²) in [7, 11) is 0. The van der Waals surface area contributed by atoms with E-state index >= 15 is 0 Å². The van der Waals surface area contributed by atoms with Gasteiger partial charge in [-0.1, -0.05) is 0 Å². The molecule has 0 aliphatic heterocycles. The molecule has 2 heterocycles. The molecule has 3 rings (SSSR count). The summed E-state index contributed by atoms with van der Waals surface area (Å²) >= 11 is 0. The fourth-order valence-electron chi connectivity index (χ4n) is 2.62. The number of aryl methyl sites for hydroxylation is 1. The Morgan fingerprint density at radius 2 is 1.86 bits per heavy atom. The van der Waals surface area contributed by atoms with Crippen LogP contribution in [0.2, 0.25) is 0 Å². The molecule has 3 N–H and O–H groups in total. The molecule has 154 valence electrons. The van der Waals surface area contributed by atoms with E-state index in [1.165, 1.54) is 18.6 Å². The summed E-state index contributed by atoms with van der Waals surface area (Å²) in [4.78, 5) is 8.39. The van der Waals surface area contributed by atoms with Gasteiger partial charge in [-0.25, -0.2) is 22.5 Å². The number of alkyl halides is 2. The first-order valence-corrected chi connectivity index (χ1v) is 8.58. The second-order valence-corrected chi connectivity index (χ2v) is 6.27. The highest BCUT2D eigenvalue weighted by molar-refractivity contribution is 5.55. The monoisotopic (exact) mass is 410 g/mol. The first-order valence-electron chi connectivity index (χ1n) is 8.58. The van der Waals surface area contributed by atoms with Gasteiger partial charge in [-0.3, -0.25) is 4.68 Å². The maximum Gasteiger partial charge on any atom is 0.257 e. The first-order chi connectivity index (χ1) is 13.8. The van der Waals surface area contributed by atoms with Crippen LogP contribution in [0.4, 0.5) is 35.0 Å². The fourth-order valence-corrected chi connectivity index (χ4v) is 2.62. The van der Waals surface area contributed by atoms with Crippen molar-refractivity contribution in [1.82, 2.24) is 19.7 Å². The zero-order valence-corrected chi connectivity index (χ0v) is 15.3. The minimum Gasteiger partial charge on any atom is -0.394 e. The van der Waals surface area contributed by atoms with Crippen molar-refractivity contribution in [1.29, 1.82) is 0 Å². The number of halogens is 4. The third kappa shape index (κ3) is 5.41. The number of aromatic nitrogens is 4. The minimum atomic E-state index is -2.53. The molecule has 3 aromatic rings. The van der Waals surface area contributed by atoms with Gasteiger partial charge in [0.1, 0.15) is 24.0 Å². The van der Waals surface area contributed by atoms with E-state index in [0.29, 0.717) is 17.1 Å². The Bertz CT molecular complexity index is 960. The van der Waals surface area contributed by atoms with Gasteiger partial charge in [0.05, 0.1) is 24.5 Å². The number of aliphatic hydroxyl groups is 1. The Labute approximate surface area is 163 Å². The summed E-state index contributed by atoms with van der Waals surface area (Å²) in [6.45, 7) is 0.745. The maximum absolute atomic E-state index is 13.5. The van der Waals surface area contributed by atoms with Crippen LogP contribution in [-0.4, -0.2) is 37.9 Å². The van der Waals surface area contributed by atoms with Crippen LogP contribution in [0, 0.1) is 18.6 Å². The third-order valence-electron chi connectivity index (χ3n) is 3.97. The van der Waals surface area contributed by atoms with Gasteiger partial charge in [0.2, 0.25) is 5.95 Å². The van der Waals surface area contributed by atoms with Crippen LogP contribution in [0.1, 0.15) is 17.2 Å². The Morgan fingerprint density at radius 1 is 1.14 bits per heavy atom. The molecular formula is C18H18F4N6O. The number of hydrogen-bond acceptors (Lipinski definition) is 6. The van der Waals surface area contributed by atoms with Crippen LogP contribution in [0.15, 0.2) is 36.8 Å². The predicted octanol–water partition coefficient (Wildman–Crippen LogP) is 3.41. The largest absolute Gasteiger partial charge is 0.394 e. The van der Waals surface area contributed by atoms with Crippen LogP contribution in [-0.2, 0) is 6.54 Å². The lowest BCUT2D eigenvalue weighted by atomic mass is 10.1. The van der Waals surface area contributed by atoms with Crippen molar-refractivity contribution >= 4 is 17.5 Å². The molecule has 0 aliphatic carbocycles. The van der Waals surface area contributed by atoms with Crippen molar-refractivity contribution in [3.63, 3.8) is 0 Å². The Balaban J connectivity index is 1.78. The minimum absolute atomic E-state index is 0.150. The molecule has 0 aliphatic rings. The van der Waals surface area contributed by atoms with Crippen molar-refractivity contribution in [2.75, 3.05) is 17.2 Å². The summed E-state index contributed by atoms with van der Waals surface area (Å²) < 4.78 is 52.9. The number of nitrogens with one attached hydrogen (secondary N) is 2. The molecular weight excluding hydrogens is 392 g/mol. The number of rotatable bonds is 8. The molecule has 0 saturated carbocycles. The number of aliphatic hydroxyl groups excluding tert-OH is 1. The second-order valence-electron chi connectivity index (χ2n) is 6.27. The number of anilines is 3. The highest BCUT2D eigenvalue weighted by Crippen LogP contribution is 2.23. The first kappa shape index (κ1) is 20.5. The molecule has 1 aromatic carbocycles. The average Bonchev–Trinajstić information content (AvgIpc) is 3.07. The molecule has 29 heavy (non-hydrogen) atoms. The SMILES string of the molecule is Cc1cnc(Nc2cnn(CC(F)F)c2)nc1N[C@H](CO)c1cc(F)cc(F)c1. The van der Waals surface area contributed by atoms with E-state index in [1.54, 1.807) is 6.92 Å². The smallest absolute Gasteiger partial charge is 0.257 e. The van der Waals surface area contributed by atoms with Crippen molar-refractivity contribution in [2.45, 2.75) is 25.9 Å². The van der Waals surface area contributed by atoms with E-state index in [1.807, 2.05) is 0 Å². The van der Waals surface area contributed by atoms with Crippen molar-refractivity contribution in [2.24, 2.45) is 0 Å². The molecule has 0 amide bonds. The lowest BCUT2D eigenvalue weighted by molar-refractivity contribution is 0.122. The topological polar surface area (TPSA) is 87.9 Å². The number of benzene rings is 1. The number of hydrogen-bond donors (Lipinski definition) is 3. The maximum atomic E-state index is 13.5. The molecule has 0 bridgehead atoms. The lowest BCUT2D eigenvalue weighted by Crippen LogP contribution is -2.17. The summed E-state index contributed by atoms with van der Waals surface area (Å²) in [5.74, 6) is -1.05. The van der Waals surface area contributed by atoms with Gasteiger partial charge >= 0.3 is 0 Å². The molecule has 0 saturated heterocycles. The predicted molar refractivity (Wildman–Crippen MR) is 98.1 cm³/mol. The summed E-state index contributed by atoms with van der Waals surface area (Å²) in [5.41, 5.74) is 1.25. The summed E-state index contributed by atoms with van der Waals surface area (Å²) in [5, 5.41) is 19.2. The van der Waals surface area contributed by atoms with Crippen molar-refractivity contribution in [3.8, 4) is 0 Å². The van der Waals surface area contributed by atoms with Crippen LogP contribution in [0.5, 0.6) is 0 Å². The molecule has 7 nitrogen and oxygen atoms in total. The van der Waals surface area contributed by atoms with Crippen LogP contribution in [0.25, 0.3) is 0 Å². The van der Waals surface area contributed by atoms with Gasteiger partial charge in [-0.15, -0.1) is 0 Å². The van der Waals surface area contributed by atoms with E-state index < -0.39 is 37.3 Å². The van der Waals surface area contributed by atoms with E-state index in [9.17, 15) is 22.7 Å². The lowest BCUT2D eigenvalue weighted by Gasteiger charge is -2.19. The van der Waals surface area contributed by atoms with E-state index in [0.717, 1.165) is 22.9 Å². The quantitative estimate of drug-likeness (QED) is 0.494. The van der Waals surface area contributed by atoms with Crippen LogP contribution >= 0.6 is 0 Å². The molecule has 1 atom stereocenters. The normalized spacial score (nSPS) is 12.2. The van der Waals surface area contributed by atoms with Crippen LogP contribution in [0.3, 0.4) is 0 Å². The molecule has 2 aromatic heterocycles. The fraction of sp³-hybridized carbons (Fsp3) is 0.278. The standard InChI is InChI=1S/C18H18F4N6O/c1-10-5-23-18(25-14-6-24-28(7-14)8-16(21)22)27-17(10)26-15(9-29)11-2-12(19)4-13(20)3-11/h2-7,15-16,29H,8-9H2,1H3,(H2,23,25,26,27)/t15-/m1/s1. The molecule has 0 fully saturated rings. The average molecular weight is 410 g/mol.